The molecule has 1 aliphatic heterocycles. The van der Waals surface area contributed by atoms with E-state index < -0.39 is 17.9 Å². The summed E-state index contributed by atoms with van der Waals surface area (Å²) in [6.45, 7) is 2.07. The highest BCUT2D eigenvalue weighted by molar-refractivity contribution is 9.10. The number of rotatable bonds is 9. The van der Waals surface area contributed by atoms with Crippen LogP contribution >= 0.6 is 50.7 Å². The molecular formula is C26H20BrCl3N2O7. The first kappa shape index (κ1) is 28.8. The van der Waals surface area contributed by atoms with Gasteiger partial charge in [-0.2, -0.15) is 0 Å². The lowest BCUT2D eigenvalue weighted by Crippen LogP contribution is -2.30. The number of hydrogen-bond donors (Lipinski definition) is 1. The second-order valence-corrected chi connectivity index (χ2v) is 10.0. The van der Waals surface area contributed by atoms with Crippen molar-refractivity contribution in [2.75, 3.05) is 13.7 Å². The monoisotopic (exact) mass is 656 g/mol. The van der Waals surface area contributed by atoms with E-state index in [9.17, 15) is 14.4 Å². The van der Waals surface area contributed by atoms with Crippen LogP contribution in [0.5, 0.6) is 11.5 Å². The van der Waals surface area contributed by atoms with Crippen molar-refractivity contribution in [2.45, 2.75) is 20.1 Å². The lowest BCUT2D eigenvalue weighted by atomic mass is 10.1. The van der Waals surface area contributed by atoms with E-state index in [-0.39, 0.29) is 41.1 Å². The molecular weight excluding hydrogens is 639 g/mol. The minimum atomic E-state index is -0.671. The second-order valence-electron chi connectivity index (χ2n) is 8.03. The number of esters is 1. The molecule has 0 aliphatic carbocycles. The van der Waals surface area contributed by atoms with Crippen LogP contribution in [0.3, 0.4) is 0 Å². The highest BCUT2D eigenvalue weighted by Crippen LogP contribution is 2.44. The fourth-order valence-corrected chi connectivity index (χ4v) is 4.58. The number of halogens is 4. The van der Waals surface area contributed by atoms with E-state index in [1.807, 2.05) is 0 Å². The Morgan fingerprint density at radius 2 is 1.87 bits per heavy atom. The van der Waals surface area contributed by atoms with Gasteiger partial charge in [0.2, 0.25) is 5.76 Å². The van der Waals surface area contributed by atoms with Crippen molar-refractivity contribution in [3.8, 4) is 11.5 Å². The minimum Gasteiger partial charge on any atom is -0.490 e. The van der Waals surface area contributed by atoms with Crippen LogP contribution in [0.15, 0.2) is 51.0 Å². The van der Waals surface area contributed by atoms with Crippen molar-refractivity contribution in [1.82, 2.24) is 10.2 Å². The fraction of sp³-hybridized carbons (Fsp3) is 0.192. The topological polar surface area (TPSA) is 107 Å². The smallest absolute Gasteiger partial charge is 0.373 e. The van der Waals surface area contributed by atoms with Crippen LogP contribution in [0.25, 0.3) is 6.08 Å². The Bertz CT molecular complexity index is 1490. The maximum atomic E-state index is 13.0. The molecule has 1 fully saturated rings. The molecule has 0 atom stereocenters. The number of amides is 3. The maximum absolute atomic E-state index is 13.0. The summed E-state index contributed by atoms with van der Waals surface area (Å²) in [6, 6.07) is 8.98. The lowest BCUT2D eigenvalue weighted by Gasteiger charge is -2.16. The first-order chi connectivity index (χ1) is 18.6. The molecule has 1 N–H and O–H groups in total. The quantitative estimate of drug-likeness (QED) is 0.152. The number of furan rings is 1. The highest BCUT2D eigenvalue weighted by Gasteiger charge is 2.35. The van der Waals surface area contributed by atoms with Crippen molar-refractivity contribution >= 4 is 74.7 Å². The molecule has 3 amide bonds. The molecule has 39 heavy (non-hydrogen) atoms. The molecule has 3 aromatic rings. The van der Waals surface area contributed by atoms with Crippen LogP contribution in [0.1, 0.15) is 34.4 Å². The van der Waals surface area contributed by atoms with E-state index in [0.29, 0.717) is 32.4 Å². The Balaban J connectivity index is 1.57. The number of nitrogens with one attached hydrogen (secondary N) is 1. The first-order valence-electron chi connectivity index (χ1n) is 11.4. The van der Waals surface area contributed by atoms with Gasteiger partial charge < -0.3 is 23.9 Å². The van der Waals surface area contributed by atoms with Crippen molar-refractivity contribution in [1.29, 1.82) is 0 Å². The number of methoxy groups -OCH3 is 1. The number of hydrogen-bond acceptors (Lipinski definition) is 7. The van der Waals surface area contributed by atoms with Gasteiger partial charge in [-0.15, -0.1) is 0 Å². The summed E-state index contributed by atoms with van der Waals surface area (Å²) in [4.78, 5) is 38.1. The third-order valence-electron chi connectivity index (χ3n) is 5.45. The molecule has 0 bridgehead atoms. The number of ether oxygens (including phenoxy) is 3. The highest BCUT2D eigenvalue weighted by atomic mass is 79.9. The van der Waals surface area contributed by atoms with E-state index >= 15 is 0 Å². The molecule has 2 heterocycles. The summed E-state index contributed by atoms with van der Waals surface area (Å²) in [5.74, 6) is -0.476. The van der Waals surface area contributed by atoms with Gasteiger partial charge in [0.15, 0.2) is 11.5 Å². The molecule has 2 aromatic carbocycles. The van der Waals surface area contributed by atoms with Crippen LogP contribution in [-0.2, 0) is 22.7 Å². The van der Waals surface area contributed by atoms with Gasteiger partial charge in [0.1, 0.15) is 23.1 Å². The Morgan fingerprint density at radius 1 is 1.10 bits per heavy atom. The molecule has 13 heteroatoms. The average Bonchev–Trinajstić information content (AvgIpc) is 3.49. The largest absolute Gasteiger partial charge is 0.490 e. The summed E-state index contributed by atoms with van der Waals surface area (Å²) in [5.41, 5.74) is 1.23. The van der Waals surface area contributed by atoms with Crippen LogP contribution in [0.2, 0.25) is 15.1 Å². The Labute approximate surface area is 246 Å². The van der Waals surface area contributed by atoms with E-state index in [4.69, 9.17) is 48.7 Å². The number of carbonyl (C=O) groups excluding carboxylic acids is 3. The number of benzene rings is 2. The predicted octanol–water partition coefficient (Wildman–Crippen LogP) is 6.86. The van der Waals surface area contributed by atoms with E-state index in [0.717, 1.165) is 10.5 Å². The van der Waals surface area contributed by atoms with Crippen LogP contribution in [0.4, 0.5) is 4.79 Å². The normalized spacial score (nSPS) is 14.1. The standard InChI is InChI=1S/C26H20BrCl3N2O7/c1-3-37-20-10-14(21(27)22(30)23(20)38-12-13-4-6-16(28)17(29)8-13)9-18-24(33)32(26(35)31-18)11-15-5-7-19(39-15)25(34)36-2/h4-10H,3,11-12H2,1-2H3,(H,31,35)/b18-9-. The molecule has 204 valence electrons. The SMILES string of the molecule is CCOc1cc(/C=C2\NC(=O)N(Cc3ccc(C(=O)OC)o3)C2=O)c(Br)c(Cl)c1OCc1ccc(Cl)c(Cl)c1. The molecule has 1 aliphatic rings. The van der Waals surface area contributed by atoms with E-state index in [2.05, 4.69) is 26.0 Å². The number of urea groups is 1. The summed E-state index contributed by atoms with van der Waals surface area (Å²) in [5, 5.41) is 3.56. The van der Waals surface area contributed by atoms with E-state index in [1.54, 1.807) is 31.2 Å². The Kier molecular flexibility index (Phi) is 9.12. The molecule has 0 spiro atoms. The third kappa shape index (κ3) is 6.36. The molecule has 9 nitrogen and oxygen atoms in total. The zero-order valence-corrected chi connectivity index (χ0v) is 24.3. The lowest BCUT2D eigenvalue weighted by molar-refractivity contribution is -0.123. The number of carbonyl (C=O) groups is 3. The van der Waals surface area contributed by atoms with Crippen molar-refractivity contribution in [3.63, 3.8) is 0 Å². The average molecular weight is 659 g/mol. The zero-order chi connectivity index (χ0) is 28.3. The summed E-state index contributed by atoms with van der Waals surface area (Å²) >= 11 is 22.2. The fourth-order valence-electron chi connectivity index (χ4n) is 3.59. The van der Waals surface area contributed by atoms with Gasteiger partial charge >= 0.3 is 12.0 Å². The molecule has 4 rings (SSSR count). The summed E-state index contributed by atoms with van der Waals surface area (Å²) in [6.07, 6.45) is 1.46. The summed E-state index contributed by atoms with van der Waals surface area (Å²) < 4.78 is 22.1. The third-order valence-corrected chi connectivity index (χ3v) is 7.63. The van der Waals surface area contributed by atoms with Gasteiger partial charge in [-0.25, -0.2) is 9.59 Å². The van der Waals surface area contributed by atoms with Crippen LogP contribution in [0, 0.1) is 0 Å². The van der Waals surface area contributed by atoms with Crippen molar-refractivity contribution in [3.05, 3.63) is 84.3 Å². The molecule has 0 saturated carbocycles. The van der Waals surface area contributed by atoms with E-state index in [1.165, 1.54) is 25.3 Å². The van der Waals surface area contributed by atoms with Gasteiger partial charge in [0.25, 0.3) is 5.91 Å². The number of imide groups is 1. The number of nitrogens with zero attached hydrogens (tertiary/aromatic N) is 1. The minimum absolute atomic E-state index is 0.00318. The van der Waals surface area contributed by atoms with Crippen molar-refractivity contribution < 1.29 is 33.0 Å². The molecule has 1 aromatic heterocycles. The van der Waals surface area contributed by atoms with Gasteiger partial charge in [0.05, 0.1) is 30.3 Å². The van der Waals surface area contributed by atoms with Crippen molar-refractivity contribution in [2.24, 2.45) is 0 Å². The summed E-state index contributed by atoms with van der Waals surface area (Å²) in [7, 11) is 1.22. The zero-order valence-electron chi connectivity index (χ0n) is 20.5. The van der Waals surface area contributed by atoms with Crippen LogP contribution < -0.4 is 14.8 Å². The molecule has 0 radical (unpaired) electrons. The Hall–Kier alpha value is -3.18. The van der Waals surface area contributed by atoms with Gasteiger partial charge in [-0.3, -0.25) is 9.69 Å². The van der Waals surface area contributed by atoms with Gasteiger partial charge in [-0.1, -0.05) is 40.9 Å². The second kappa shape index (κ2) is 12.3. The molecule has 0 unspecified atom stereocenters. The molecule has 1 saturated heterocycles. The predicted molar refractivity (Wildman–Crippen MR) is 148 cm³/mol. The van der Waals surface area contributed by atoms with Gasteiger partial charge in [-0.05, 0) is 70.4 Å². The first-order valence-corrected chi connectivity index (χ1v) is 13.3. The van der Waals surface area contributed by atoms with Gasteiger partial charge in [0, 0.05) is 4.47 Å². The Morgan fingerprint density at radius 3 is 2.56 bits per heavy atom. The maximum Gasteiger partial charge on any atom is 0.373 e. The van der Waals surface area contributed by atoms with Crippen LogP contribution in [-0.4, -0.2) is 36.5 Å².